The van der Waals surface area contributed by atoms with Crippen LogP contribution in [0.4, 0.5) is 18.9 Å². The minimum Gasteiger partial charge on any atom is -0.455 e. The average Bonchev–Trinajstić information content (AvgIpc) is 2.39. The number of hydrogen-bond acceptors (Lipinski definition) is 4. The topological polar surface area (TPSA) is 69.4 Å². The van der Waals surface area contributed by atoms with Crippen molar-refractivity contribution >= 4 is 15.5 Å². The van der Waals surface area contributed by atoms with Gasteiger partial charge in [-0.1, -0.05) is 6.07 Å². The largest absolute Gasteiger partial charge is 0.455 e. The third-order valence-corrected chi connectivity index (χ3v) is 3.91. The predicted octanol–water partition coefficient (Wildman–Crippen LogP) is 3.48. The van der Waals surface area contributed by atoms with Crippen LogP contribution in [0.2, 0.25) is 0 Å². The molecule has 2 N–H and O–H groups in total. The highest BCUT2D eigenvalue weighted by Gasteiger charge is 2.30. The monoisotopic (exact) mass is 331 g/mol. The standard InChI is InChI=1S/C14H12F3NO3S/c1-22(19,20)11-5-6-13(12(18)8-11)21-10-4-2-3-9(7-10)14(15,16)17/h2-8H,18H2,1H3. The zero-order chi connectivity index (χ0) is 16.5. The molecule has 0 bridgehead atoms. The molecule has 4 nitrogen and oxygen atoms in total. The van der Waals surface area contributed by atoms with Gasteiger partial charge in [0.2, 0.25) is 0 Å². The van der Waals surface area contributed by atoms with Crippen molar-refractivity contribution in [2.24, 2.45) is 0 Å². The first-order chi connectivity index (χ1) is 10.1. The third-order valence-electron chi connectivity index (χ3n) is 2.80. The zero-order valence-electron chi connectivity index (χ0n) is 11.4. The minimum absolute atomic E-state index is 0.00129. The summed E-state index contributed by atoms with van der Waals surface area (Å²) in [5, 5.41) is 0. The molecule has 2 rings (SSSR count). The number of nitrogen functional groups attached to an aromatic ring is 1. The van der Waals surface area contributed by atoms with E-state index in [4.69, 9.17) is 10.5 Å². The SMILES string of the molecule is CS(=O)(=O)c1ccc(Oc2cccc(C(F)(F)F)c2)c(N)c1. The summed E-state index contributed by atoms with van der Waals surface area (Å²) in [6, 6.07) is 8.07. The predicted molar refractivity (Wildman–Crippen MR) is 75.5 cm³/mol. The number of ether oxygens (including phenoxy) is 1. The van der Waals surface area contributed by atoms with Crippen LogP contribution in [-0.4, -0.2) is 14.7 Å². The molecule has 0 spiro atoms. The van der Waals surface area contributed by atoms with Crippen LogP contribution in [0.1, 0.15) is 5.56 Å². The van der Waals surface area contributed by atoms with E-state index in [1.54, 1.807) is 0 Å². The molecule has 0 saturated carbocycles. The van der Waals surface area contributed by atoms with Gasteiger partial charge >= 0.3 is 6.18 Å². The summed E-state index contributed by atoms with van der Waals surface area (Å²) in [4.78, 5) is 0.00129. The summed E-state index contributed by atoms with van der Waals surface area (Å²) in [5.41, 5.74) is 4.84. The van der Waals surface area contributed by atoms with E-state index in [0.717, 1.165) is 18.4 Å². The van der Waals surface area contributed by atoms with E-state index in [2.05, 4.69) is 0 Å². The van der Waals surface area contributed by atoms with Crippen LogP contribution >= 0.6 is 0 Å². The molecule has 0 aliphatic heterocycles. The van der Waals surface area contributed by atoms with Crippen LogP contribution in [0.3, 0.4) is 0 Å². The molecule has 0 fully saturated rings. The lowest BCUT2D eigenvalue weighted by Gasteiger charge is -2.12. The molecule has 2 aromatic carbocycles. The fourth-order valence-corrected chi connectivity index (χ4v) is 2.37. The van der Waals surface area contributed by atoms with Gasteiger partial charge in [0.15, 0.2) is 9.84 Å². The number of benzene rings is 2. The minimum atomic E-state index is -4.48. The van der Waals surface area contributed by atoms with Crippen molar-refractivity contribution in [2.75, 3.05) is 12.0 Å². The summed E-state index contributed by atoms with van der Waals surface area (Å²) in [6.45, 7) is 0. The van der Waals surface area contributed by atoms with Gasteiger partial charge in [-0.2, -0.15) is 13.2 Å². The molecular formula is C14H12F3NO3S. The fourth-order valence-electron chi connectivity index (χ4n) is 1.71. The number of nitrogens with two attached hydrogens (primary N) is 1. The second-order valence-electron chi connectivity index (χ2n) is 4.60. The van der Waals surface area contributed by atoms with Crippen LogP contribution < -0.4 is 10.5 Å². The van der Waals surface area contributed by atoms with Gasteiger partial charge in [-0.3, -0.25) is 0 Å². The Kier molecular flexibility index (Phi) is 4.06. The smallest absolute Gasteiger partial charge is 0.416 e. The first-order valence-electron chi connectivity index (χ1n) is 6.02. The van der Waals surface area contributed by atoms with Crippen molar-refractivity contribution in [1.82, 2.24) is 0 Å². The quantitative estimate of drug-likeness (QED) is 0.874. The molecule has 0 heterocycles. The van der Waals surface area contributed by atoms with Crippen molar-refractivity contribution in [3.63, 3.8) is 0 Å². The Balaban J connectivity index is 2.32. The van der Waals surface area contributed by atoms with E-state index in [1.165, 1.54) is 30.3 Å². The number of sulfone groups is 1. The van der Waals surface area contributed by atoms with Gasteiger partial charge in [0, 0.05) is 6.26 Å². The summed E-state index contributed by atoms with van der Waals surface area (Å²) in [7, 11) is -3.43. The van der Waals surface area contributed by atoms with Crippen LogP contribution in [0.25, 0.3) is 0 Å². The molecule has 0 atom stereocenters. The van der Waals surface area contributed by atoms with Gasteiger partial charge in [0.25, 0.3) is 0 Å². The molecular weight excluding hydrogens is 319 g/mol. The van der Waals surface area contributed by atoms with Gasteiger partial charge in [-0.05, 0) is 36.4 Å². The van der Waals surface area contributed by atoms with Crippen molar-refractivity contribution in [1.29, 1.82) is 0 Å². The highest BCUT2D eigenvalue weighted by atomic mass is 32.2. The number of alkyl halides is 3. The summed E-state index contributed by atoms with van der Waals surface area (Å²) in [5.74, 6) is 0.0281. The molecule has 118 valence electrons. The van der Waals surface area contributed by atoms with Crippen molar-refractivity contribution in [3.8, 4) is 11.5 Å². The maximum atomic E-state index is 12.6. The van der Waals surface area contributed by atoms with Gasteiger partial charge < -0.3 is 10.5 Å². The Morgan fingerprint density at radius 1 is 1.09 bits per heavy atom. The highest BCUT2D eigenvalue weighted by Crippen LogP contribution is 2.34. The Morgan fingerprint density at radius 3 is 2.32 bits per heavy atom. The van der Waals surface area contributed by atoms with Crippen LogP contribution in [0.15, 0.2) is 47.4 Å². The van der Waals surface area contributed by atoms with E-state index in [1.807, 2.05) is 0 Å². The van der Waals surface area contributed by atoms with E-state index >= 15 is 0 Å². The second kappa shape index (κ2) is 5.53. The lowest BCUT2D eigenvalue weighted by atomic mass is 10.2. The molecule has 0 aromatic heterocycles. The normalized spacial score (nSPS) is 12.2. The second-order valence-corrected chi connectivity index (χ2v) is 6.62. The summed E-state index contributed by atoms with van der Waals surface area (Å²) in [6.07, 6.45) is -3.46. The van der Waals surface area contributed by atoms with Gasteiger partial charge in [-0.15, -0.1) is 0 Å². The number of hydrogen-bond donors (Lipinski definition) is 1. The first-order valence-corrected chi connectivity index (χ1v) is 7.91. The van der Waals surface area contributed by atoms with Crippen LogP contribution in [0, 0.1) is 0 Å². The Hall–Kier alpha value is -2.22. The van der Waals surface area contributed by atoms with E-state index in [0.29, 0.717) is 0 Å². The molecule has 8 heteroatoms. The molecule has 0 saturated heterocycles. The Labute approximate surface area is 125 Å². The van der Waals surface area contributed by atoms with E-state index in [9.17, 15) is 21.6 Å². The summed E-state index contributed by atoms with van der Waals surface area (Å²) < 4.78 is 65.9. The molecule has 0 aliphatic rings. The average molecular weight is 331 g/mol. The molecule has 2 aromatic rings. The lowest BCUT2D eigenvalue weighted by molar-refractivity contribution is -0.137. The lowest BCUT2D eigenvalue weighted by Crippen LogP contribution is -2.04. The number of rotatable bonds is 3. The van der Waals surface area contributed by atoms with Crippen molar-refractivity contribution < 1.29 is 26.3 Å². The number of anilines is 1. The molecule has 22 heavy (non-hydrogen) atoms. The first kappa shape index (κ1) is 16.2. The molecule has 0 amide bonds. The van der Waals surface area contributed by atoms with Crippen molar-refractivity contribution in [2.45, 2.75) is 11.1 Å². The zero-order valence-corrected chi connectivity index (χ0v) is 12.2. The Morgan fingerprint density at radius 2 is 1.77 bits per heavy atom. The maximum Gasteiger partial charge on any atom is 0.416 e. The third kappa shape index (κ3) is 3.70. The maximum absolute atomic E-state index is 12.6. The molecule has 0 unspecified atom stereocenters. The fraction of sp³-hybridized carbons (Fsp3) is 0.143. The van der Waals surface area contributed by atoms with Gasteiger partial charge in [0.1, 0.15) is 11.5 Å². The molecule has 0 radical (unpaired) electrons. The van der Waals surface area contributed by atoms with Crippen LogP contribution in [0.5, 0.6) is 11.5 Å². The Bertz CT molecular complexity index is 801. The van der Waals surface area contributed by atoms with E-state index in [-0.39, 0.29) is 22.1 Å². The highest BCUT2D eigenvalue weighted by molar-refractivity contribution is 7.90. The van der Waals surface area contributed by atoms with Crippen molar-refractivity contribution in [3.05, 3.63) is 48.0 Å². The molecule has 0 aliphatic carbocycles. The summed E-state index contributed by atoms with van der Waals surface area (Å²) >= 11 is 0. The van der Waals surface area contributed by atoms with Crippen LogP contribution in [-0.2, 0) is 16.0 Å². The van der Waals surface area contributed by atoms with Gasteiger partial charge in [0.05, 0.1) is 16.1 Å². The van der Waals surface area contributed by atoms with Gasteiger partial charge in [-0.25, -0.2) is 8.42 Å². The van der Waals surface area contributed by atoms with E-state index < -0.39 is 21.6 Å². The number of halogens is 3.